The molecule has 7 nitrogen and oxygen atoms in total. The van der Waals surface area contributed by atoms with Crippen LogP contribution in [0.4, 0.5) is 10.5 Å². The van der Waals surface area contributed by atoms with E-state index >= 15 is 0 Å². The summed E-state index contributed by atoms with van der Waals surface area (Å²) in [4.78, 5) is 27.8. The first-order valence-electron chi connectivity index (χ1n) is 8.53. The fourth-order valence-corrected chi connectivity index (χ4v) is 2.79. The van der Waals surface area contributed by atoms with Crippen LogP contribution in [0.5, 0.6) is 5.75 Å². The normalized spacial score (nSPS) is 14.8. The number of hydrogen-bond donors (Lipinski definition) is 1. The average Bonchev–Trinajstić information content (AvgIpc) is 2.58. The molecule has 8 heteroatoms. The van der Waals surface area contributed by atoms with E-state index in [2.05, 4.69) is 5.32 Å². The Hall–Kier alpha value is -2.15. The second kappa shape index (κ2) is 8.49. The van der Waals surface area contributed by atoms with Gasteiger partial charge in [-0.05, 0) is 39.0 Å². The molecule has 0 radical (unpaired) electrons. The number of carbonyl (C=O) groups is 2. The van der Waals surface area contributed by atoms with Gasteiger partial charge in [0.2, 0.25) is 5.91 Å². The third kappa shape index (κ3) is 5.69. The predicted octanol–water partition coefficient (Wildman–Crippen LogP) is 2.84. The molecule has 1 aliphatic rings. The third-order valence-corrected chi connectivity index (χ3v) is 4.17. The Morgan fingerprint density at radius 2 is 1.77 bits per heavy atom. The molecule has 1 fully saturated rings. The molecule has 0 atom stereocenters. The maximum absolute atomic E-state index is 12.4. The molecule has 1 aliphatic heterocycles. The van der Waals surface area contributed by atoms with E-state index in [1.165, 1.54) is 0 Å². The summed E-state index contributed by atoms with van der Waals surface area (Å²) in [5.41, 5.74) is 0.227. The molecule has 2 amide bonds. The van der Waals surface area contributed by atoms with Crippen molar-refractivity contribution in [3.63, 3.8) is 0 Å². The molecule has 0 aliphatic carbocycles. The van der Waals surface area contributed by atoms with Gasteiger partial charge in [0, 0.05) is 31.9 Å². The maximum Gasteiger partial charge on any atom is 0.410 e. The van der Waals surface area contributed by atoms with E-state index in [1.807, 2.05) is 20.8 Å². The first-order chi connectivity index (χ1) is 12.2. The minimum Gasteiger partial charge on any atom is -0.495 e. The van der Waals surface area contributed by atoms with Crippen LogP contribution in [0.15, 0.2) is 18.2 Å². The number of nitrogens with zero attached hydrogens (tertiary/aromatic N) is 2. The van der Waals surface area contributed by atoms with E-state index < -0.39 is 5.60 Å². The van der Waals surface area contributed by atoms with Gasteiger partial charge in [-0.2, -0.15) is 0 Å². The van der Waals surface area contributed by atoms with Crippen LogP contribution >= 0.6 is 11.6 Å². The van der Waals surface area contributed by atoms with Gasteiger partial charge >= 0.3 is 6.09 Å². The lowest BCUT2D eigenvalue weighted by atomic mass is 10.2. The summed E-state index contributed by atoms with van der Waals surface area (Å²) in [6, 6.07) is 5.27. The van der Waals surface area contributed by atoms with Crippen molar-refractivity contribution in [1.82, 2.24) is 9.80 Å². The Balaban J connectivity index is 1.79. The van der Waals surface area contributed by atoms with Gasteiger partial charge in [-0.1, -0.05) is 11.6 Å². The summed E-state index contributed by atoms with van der Waals surface area (Å²) in [5.74, 6) is 0.558. The molecule has 1 aromatic rings. The van der Waals surface area contributed by atoms with Gasteiger partial charge in [0.15, 0.2) is 0 Å². The lowest BCUT2D eigenvalue weighted by molar-refractivity contribution is -0.131. The molecule has 1 heterocycles. The Morgan fingerprint density at radius 1 is 1.15 bits per heavy atom. The predicted molar refractivity (Wildman–Crippen MR) is 101 cm³/mol. The van der Waals surface area contributed by atoms with Crippen LogP contribution in [0.1, 0.15) is 20.8 Å². The summed E-state index contributed by atoms with van der Waals surface area (Å²) in [5, 5.41) is 3.54. The molecule has 1 N–H and O–H groups in total. The van der Waals surface area contributed by atoms with Crippen molar-refractivity contribution >= 4 is 29.3 Å². The van der Waals surface area contributed by atoms with Gasteiger partial charge in [0.25, 0.3) is 0 Å². The van der Waals surface area contributed by atoms with Crippen LogP contribution in [-0.2, 0) is 9.53 Å². The average molecular weight is 384 g/mol. The number of nitrogens with one attached hydrogen (secondary N) is 1. The lowest BCUT2D eigenvalue weighted by Crippen LogP contribution is -2.52. The van der Waals surface area contributed by atoms with Gasteiger partial charge in [0.1, 0.15) is 11.4 Å². The number of benzene rings is 1. The Morgan fingerprint density at radius 3 is 2.31 bits per heavy atom. The quantitative estimate of drug-likeness (QED) is 0.865. The fourth-order valence-electron chi connectivity index (χ4n) is 2.53. The smallest absolute Gasteiger partial charge is 0.410 e. The molecule has 1 aromatic carbocycles. The number of carbonyl (C=O) groups excluding carboxylic acids is 2. The number of rotatable bonds is 4. The van der Waals surface area contributed by atoms with Crippen molar-refractivity contribution < 1.29 is 19.1 Å². The number of ether oxygens (including phenoxy) is 2. The number of piperazine rings is 1. The Labute approximate surface area is 159 Å². The van der Waals surface area contributed by atoms with Crippen LogP contribution < -0.4 is 10.1 Å². The third-order valence-electron chi connectivity index (χ3n) is 3.88. The number of amides is 2. The van der Waals surface area contributed by atoms with Gasteiger partial charge < -0.3 is 24.6 Å². The highest BCUT2D eigenvalue weighted by Crippen LogP contribution is 2.27. The summed E-state index contributed by atoms with van der Waals surface area (Å²) in [6.45, 7) is 7.58. The van der Waals surface area contributed by atoms with Crippen molar-refractivity contribution in [3.05, 3.63) is 23.2 Å². The minimum atomic E-state index is -0.520. The molecule has 0 aromatic heterocycles. The van der Waals surface area contributed by atoms with Crippen LogP contribution in [0, 0.1) is 0 Å². The van der Waals surface area contributed by atoms with Gasteiger partial charge in [-0.3, -0.25) is 4.79 Å². The molecular formula is C18H26ClN3O4. The van der Waals surface area contributed by atoms with Crippen LogP contribution in [0.2, 0.25) is 5.02 Å². The summed E-state index contributed by atoms with van der Waals surface area (Å²) in [7, 11) is 1.55. The summed E-state index contributed by atoms with van der Waals surface area (Å²) in [6.07, 6.45) is -0.337. The summed E-state index contributed by atoms with van der Waals surface area (Å²) >= 11 is 6.08. The van der Waals surface area contributed by atoms with Gasteiger partial charge in [-0.15, -0.1) is 0 Å². The van der Waals surface area contributed by atoms with Crippen LogP contribution in [-0.4, -0.2) is 67.2 Å². The number of methoxy groups -OCH3 is 1. The fraction of sp³-hybridized carbons (Fsp3) is 0.556. The van der Waals surface area contributed by atoms with E-state index in [-0.39, 0.29) is 18.5 Å². The van der Waals surface area contributed by atoms with E-state index in [0.717, 1.165) is 5.69 Å². The highest BCUT2D eigenvalue weighted by molar-refractivity contribution is 6.32. The summed E-state index contributed by atoms with van der Waals surface area (Å²) < 4.78 is 10.5. The van der Waals surface area contributed by atoms with Crippen molar-refractivity contribution in [3.8, 4) is 5.75 Å². The molecule has 144 valence electrons. The second-order valence-electron chi connectivity index (χ2n) is 7.05. The topological polar surface area (TPSA) is 71.1 Å². The van der Waals surface area contributed by atoms with E-state index in [9.17, 15) is 9.59 Å². The molecular weight excluding hydrogens is 358 g/mol. The van der Waals surface area contributed by atoms with Crippen molar-refractivity contribution in [2.24, 2.45) is 0 Å². The standard InChI is InChI=1S/C18H26ClN3O4/c1-18(2,3)26-17(24)22-9-7-21(8-10-22)16(23)12-20-13-5-6-15(25-4)14(19)11-13/h5-6,11,20H,7-10,12H2,1-4H3. The molecule has 1 saturated heterocycles. The molecule has 26 heavy (non-hydrogen) atoms. The van der Waals surface area contributed by atoms with Crippen molar-refractivity contribution in [1.29, 1.82) is 0 Å². The Kier molecular flexibility index (Phi) is 6.58. The van der Waals surface area contributed by atoms with E-state index in [1.54, 1.807) is 35.1 Å². The largest absolute Gasteiger partial charge is 0.495 e. The van der Waals surface area contributed by atoms with Crippen molar-refractivity contribution in [2.75, 3.05) is 45.2 Å². The molecule has 0 unspecified atom stereocenters. The number of hydrogen-bond acceptors (Lipinski definition) is 5. The van der Waals surface area contributed by atoms with Crippen molar-refractivity contribution in [2.45, 2.75) is 26.4 Å². The minimum absolute atomic E-state index is 0.0271. The number of halogens is 1. The SMILES string of the molecule is COc1ccc(NCC(=O)N2CCN(C(=O)OC(C)(C)C)CC2)cc1Cl. The lowest BCUT2D eigenvalue weighted by Gasteiger charge is -2.35. The van der Waals surface area contributed by atoms with E-state index in [4.69, 9.17) is 21.1 Å². The highest BCUT2D eigenvalue weighted by Gasteiger charge is 2.27. The zero-order valence-corrected chi connectivity index (χ0v) is 16.4. The second-order valence-corrected chi connectivity index (χ2v) is 7.46. The Bertz CT molecular complexity index is 652. The van der Waals surface area contributed by atoms with Gasteiger partial charge in [-0.25, -0.2) is 4.79 Å². The van der Waals surface area contributed by atoms with Crippen LogP contribution in [0.25, 0.3) is 0 Å². The van der Waals surface area contributed by atoms with Gasteiger partial charge in [0.05, 0.1) is 18.7 Å². The zero-order chi connectivity index (χ0) is 19.3. The van der Waals surface area contributed by atoms with E-state index in [0.29, 0.717) is 37.0 Å². The first-order valence-corrected chi connectivity index (χ1v) is 8.90. The molecule has 0 saturated carbocycles. The zero-order valence-electron chi connectivity index (χ0n) is 15.7. The maximum atomic E-state index is 12.4. The first kappa shape index (κ1) is 20.2. The monoisotopic (exact) mass is 383 g/mol. The highest BCUT2D eigenvalue weighted by atomic mass is 35.5. The molecule has 0 bridgehead atoms. The van der Waals surface area contributed by atoms with Crippen LogP contribution in [0.3, 0.4) is 0 Å². The molecule has 0 spiro atoms. The molecule has 2 rings (SSSR count). The number of anilines is 1.